The highest BCUT2D eigenvalue weighted by Gasteiger charge is 2.08. The van der Waals surface area contributed by atoms with Crippen LogP contribution in [0, 0.1) is 0 Å². The fourth-order valence-electron chi connectivity index (χ4n) is 1.51. The summed E-state index contributed by atoms with van der Waals surface area (Å²) >= 11 is 3.30. The minimum atomic E-state index is -0.428. The Morgan fingerprint density at radius 2 is 1.42 bits per heavy atom. The van der Waals surface area contributed by atoms with Gasteiger partial charge in [0.25, 0.3) is 0 Å². The number of carbonyl (C=O) groups is 2. The molecule has 2 aromatic rings. The van der Waals surface area contributed by atoms with Gasteiger partial charge in [-0.15, -0.1) is 0 Å². The highest BCUT2D eigenvalue weighted by molar-refractivity contribution is 9.10. The van der Waals surface area contributed by atoms with E-state index in [-0.39, 0.29) is 5.78 Å². The second-order valence-electron chi connectivity index (χ2n) is 3.98. The number of hydrogen-bond acceptors (Lipinski definition) is 3. The van der Waals surface area contributed by atoms with Gasteiger partial charge < -0.3 is 4.74 Å². The van der Waals surface area contributed by atoms with E-state index < -0.39 is 5.97 Å². The van der Waals surface area contributed by atoms with Crippen molar-refractivity contribution in [3.8, 4) is 5.75 Å². The van der Waals surface area contributed by atoms with Crippen LogP contribution in [-0.4, -0.2) is 11.8 Å². The molecular weight excluding hydrogens is 308 g/mol. The van der Waals surface area contributed by atoms with Crippen LogP contribution in [0.15, 0.2) is 53.0 Å². The lowest BCUT2D eigenvalue weighted by Crippen LogP contribution is -2.08. The summed E-state index contributed by atoms with van der Waals surface area (Å²) in [7, 11) is 0. The lowest BCUT2D eigenvalue weighted by molar-refractivity contribution is 0.0734. The van der Waals surface area contributed by atoms with E-state index in [0.29, 0.717) is 16.9 Å². The topological polar surface area (TPSA) is 43.4 Å². The van der Waals surface area contributed by atoms with E-state index in [4.69, 9.17) is 4.74 Å². The molecule has 2 aromatic carbocycles. The molecule has 0 saturated carbocycles. The summed E-state index contributed by atoms with van der Waals surface area (Å²) in [5, 5.41) is 0. The molecule has 0 radical (unpaired) electrons. The fraction of sp³-hybridized carbons (Fsp3) is 0.0667. The molecule has 3 nitrogen and oxygen atoms in total. The molecule has 0 aliphatic carbocycles. The maximum Gasteiger partial charge on any atom is 0.343 e. The molecule has 0 aromatic heterocycles. The molecule has 0 bridgehead atoms. The van der Waals surface area contributed by atoms with Crippen molar-refractivity contribution in [2.45, 2.75) is 6.92 Å². The molecule has 0 atom stereocenters. The summed E-state index contributed by atoms with van der Waals surface area (Å²) in [5.74, 6) is -0.0354. The molecular formula is C15H11BrO3. The Balaban J connectivity index is 2.10. The zero-order valence-electron chi connectivity index (χ0n) is 10.2. The van der Waals surface area contributed by atoms with Crippen LogP contribution in [0.1, 0.15) is 27.6 Å². The van der Waals surface area contributed by atoms with Crippen LogP contribution in [0.4, 0.5) is 0 Å². The van der Waals surface area contributed by atoms with Crippen LogP contribution in [0.3, 0.4) is 0 Å². The number of hydrogen-bond donors (Lipinski definition) is 0. The maximum atomic E-state index is 11.8. The van der Waals surface area contributed by atoms with Gasteiger partial charge in [0.2, 0.25) is 0 Å². The highest BCUT2D eigenvalue weighted by atomic mass is 79.9. The van der Waals surface area contributed by atoms with Gasteiger partial charge in [-0.1, -0.05) is 15.9 Å². The summed E-state index contributed by atoms with van der Waals surface area (Å²) in [6, 6.07) is 13.4. The predicted molar refractivity (Wildman–Crippen MR) is 75.5 cm³/mol. The molecule has 0 amide bonds. The van der Waals surface area contributed by atoms with E-state index in [2.05, 4.69) is 15.9 Å². The summed E-state index contributed by atoms with van der Waals surface area (Å²) < 4.78 is 6.11. The average Bonchev–Trinajstić information content (AvgIpc) is 2.40. The number of ether oxygens (including phenoxy) is 1. The normalized spacial score (nSPS) is 10.0. The third-order valence-electron chi connectivity index (χ3n) is 2.55. The first kappa shape index (κ1) is 13.5. The number of ketones is 1. The van der Waals surface area contributed by atoms with Gasteiger partial charge in [0.1, 0.15) is 5.75 Å². The van der Waals surface area contributed by atoms with Gasteiger partial charge in [0.05, 0.1) is 5.56 Å². The van der Waals surface area contributed by atoms with E-state index in [1.54, 1.807) is 48.5 Å². The van der Waals surface area contributed by atoms with E-state index in [0.717, 1.165) is 4.47 Å². The monoisotopic (exact) mass is 318 g/mol. The Morgan fingerprint density at radius 1 is 0.895 bits per heavy atom. The molecule has 2 rings (SSSR count). The summed E-state index contributed by atoms with van der Waals surface area (Å²) in [4.78, 5) is 23.0. The lowest BCUT2D eigenvalue weighted by atomic mass is 10.1. The molecule has 4 heteroatoms. The van der Waals surface area contributed by atoms with Gasteiger partial charge >= 0.3 is 5.97 Å². The van der Waals surface area contributed by atoms with Crippen molar-refractivity contribution in [1.82, 2.24) is 0 Å². The zero-order valence-corrected chi connectivity index (χ0v) is 11.8. The number of esters is 1. The van der Waals surface area contributed by atoms with Crippen molar-refractivity contribution in [1.29, 1.82) is 0 Å². The van der Waals surface area contributed by atoms with Crippen molar-refractivity contribution in [2.75, 3.05) is 0 Å². The molecule has 0 heterocycles. The van der Waals surface area contributed by atoms with Crippen molar-refractivity contribution in [2.24, 2.45) is 0 Å². The third kappa shape index (κ3) is 3.51. The first-order valence-electron chi connectivity index (χ1n) is 5.65. The van der Waals surface area contributed by atoms with Crippen LogP contribution in [-0.2, 0) is 0 Å². The summed E-state index contributed by atoms with van der Waals surface area (Å²) in [6.07, 6.45) is 0. The molecule has 96 valence electrons. The number of benzene rings is 2. The first-order valence-corrected chi connectivity index (χ1v) is 6.44. The Labute approximate surface area is 119 Å². The van der Waals surface area contributed by atoms with Crippen LogP contribution in [0.25, 0.3) is 0 Å². The van der Waals surface area contributed by atoms with Gasteiger partial charge in [0.15, 0.2) is 5.78 Å². The van der Waals surface area contributed by atoms with E-state index in [1.807, 2.05) is 0 Å². The summed E-state index contributed by atoms with van der Waals surface area (Å²) in [6.45, 7) is 1.49. The quantitative estimate of drug-likeness (QED) is 0.490. The van der Waals surface area contributed by atoms with Crippen LogP contribution >= 0.6 is 15.9 Å². The van der Waals surface area contributed by atoms with Crippen LogP contribution in [0.2, 0.25) is 0 Å². The van der Waals surface area contributed by atoms with Gasteiger partial charge in [-0.3, -0.25) is 4.79 Å². The smallest absolute Gasteiger partial charge is 0.343 e. The molecule has 0 unspecified atom stereocenters. The number of rotatable bonds is 3. The molecule has 0 spiro atoms. The molecule has 0 saturated heterocycles. The largest absolute Gasteiger partial charge is 0.423 e. The van der Waals surface area contributed by atoms with Crippen molar-refractivity contribution >= 4 is 27.7 Å². The highest BCUT2D eigenvalue weighted by Crippen LogP contribution is 2.16. The Hall–Kier alpha value is -1.94. The predicted octanol–water partition coefficient (Wildman–Crippen LogP) is 3.87. The molecule has 0 N–H and O–H groups in total. The van der Waals surface area contributed by atoms with Crippen molar-refractivity contribution in [3.63, 3.8) is 0 Å². The van der Waals surface area contributed by atoms with Gasteiger partial charge in [0, 0.05) is 10.0 Å². The van der Waals surface area contributed by atoms with E-state index in [9.17, 15) is 9.59 Å². The standard InChI is InChI=1S/C15H11BrO3/c1-10(17)11-4-8-14(9-5-11)19-15(18)12-2-6-13(16)7-3-12/h2-9H,1H3. The fourth-order valence-corrected chi connectivity index (χ4v) is 1.77. The van der Waals surface area contributed by atoms with Gasteiger partial charge in [-0.25, -0.2) is 4.79 Å². The Morgan fingerprint density at radius 3 is 1.95 bits per heavy atom. The summed E-state index contributed by atoms with van der Waals surface area (Å²) in [5.41, 5.74) is 1.06. The second kappa shape index (κ2) is 5.80. The second-order valence-corrected chi connectivity index (χ2v) is 4.89. The van der Waals surface area contributed by atoms with Gasteiger partial charge in [-0.2, -0.15) is 0 Å². The average molecular weight is 319 g/mol. The number of halogens is 1. The zero-order chi connectivity index (χ0) is 13.8. The number of carbonyl (C=O) groups excluding carboxylic acids is 2. The van der Waals surface area contributed by atoms with E-state index in [1.165, 1.54) is 6.92 Å². The molecule has 0 aliphatic rings. The molecule has 0 aliphatic heterocycles. The SMILES string of the molecule is CC(=O)c1ccc(OC(=O)c2ccc(Br)cc2)cc1. The van der Waals surface area contributed by atoms with Crippen molar-refractivity contribution < 1.29 is 14.3 Å². The molecule has 19 heavy (non-hydrogen) atoms. The van der Waals surface area contributed by atoms with Crippen LogP contribution in [0.5, 0.6) is 5.75 Å². The minimum Gasteiger partial charge on any atom is -0.423 e. The van der Waals surface area contributed by atoms with Crippen molar-refractivity contribution in [3.05, 3.63) is 64.1 Å². The maximum absolute atomic E-state index is 11.8. The molecule has 0 fully saturated rings. The third-order valence-corrected chi connectivity index (χ3v) is 3.08. The Kier molecular flexibility index (Phi) is 4.12. The van der Waals surface area contributed by atoms with Gasteiger partial charge in [-0.05, 0) is 55.5 Å². The Bertz CT molecular complexity index is 600. The lowest BCUT2D eigenvalue weighted by Gasteiger charge is -2.05. The van der Waals surface area contributed by atoms with Crippen LogP contribution < -0.4 is 4.74 Å². The number of Topliss-reactive ketones (excluding diaryl/α,β-unsaturated/α-hetero) is 1. The van der Waals surface area contributed by atoms with E-state index >= 15 is 0 Å². The first-order chi connectivity index (χ1) is 9.06. The minimum absolute atomic E-state index is 0.0224.